The first kappa shape index (κ1) is 15.8. The fraction of sp³-hybridized carbons (Fsp3) is 0.647. The van der Waals surface area contributed by atoms with Gasteiger partial charge in [-0.1, -0.05) is 35.3 Å². The summed E-state index contributed by atoms with van der Waals surface area (Å²) in [6.45, 7) is 6.77. The van der Waals surface area contributed by atoms with Gasteiger partial charge in [0, 0.05) is 29.3 Å². The lowest BCUT2D eigenvalue weighted by atomic mass is 9.98. The molecule has 0 aromatic heterocycles. The number of hydrogen-bond donors (Lipinski definition) is 1. The molecule has 1 aromatic rings. The first-order valence-electron chi connectivity index (χ1n) is 7.89. The first-order valence-corrected chi connectivity index (χ1v) is 8.68. The summed E-state index contributed by atoms with van der Waals surface area (Å²) in [7, 11) is 0. The number of anilines is 1. The highest BCUT2D eigenvalue weighted by Crippen LogP contribution is 2.30. The Labute approximate surface area is 131 Å². The molecule has 0 bridgehead atoms. The van der Waals surface area contributed by atoms with E-state index in [-0.39, 0.29) is 6.04 Å². The Bertz CT molecular complexity index is 431. The third-order valence-electron chi connectivity index (χ3n) is 4.35. The lowest BCUT2D eigenvalue weighted by molar-refractivity contribution is 0.459. The molecule has 0 radical (unpaired) electrons. The van der Waals surface area contributed by atoms with E-state index in [1.54, 1.807) is 0 Å². The first-order chi connectivity index (χ1) is 9.60. The van der Waals surface area contributed by atoms with Crippen LogP contribution in [0, 0.1) is 5.92 Å². The van der Waals surface area contributed by atoms with Crippen molar-refractivity contribution in [3.05, 3.63) is 28.2 Å². The van der Waals surface area contributed by atoms with Crippen LogP contribution >= 0.6 is 15.9 Å². The maximum atomic E-state index is 6.01. The second-order valence-electron chi connectivity index (χ2n) is 6.15. The summed E-state index contributed by atoms with van der Waals surface area (Å²) in [5.74, 6) is 0.907. The molecule has 0 spiro atoms. The van der Waals surface area contributed by atoms with Crippen molar-refractivity contribution in [3.63, 3.8) is 0 Å². The van der Waals surface area contributed by atoms with Crippen molar-refractivity contribution < 1.29 is 0 Å². The monoisotopic (exact) mass is 338 g/mol. The summed E-state index contributed by atoms with van der Waals surface area (Å²) >= 11 is 3.62. The Kier molecular flexibility index (Phi) is 5.91. The van der Waals surface area contributed by atoms with Gasteiger partial charge in [-0.2, -0.15) is 0 Å². The number of nitrogens with two attached hydrogens (primary N) is 1. The largest absolute Gasteiger partial charge is 0.371 e. The highest BCUT2D eigenvalue weighted by atomic mass is 79.9. The molecule has 2 nitrogen and oxygen atoms in total. The van der Waals surface area contributed by atoms with Crippen LogP contribution in [0.15, 0.2) is 22.7 Å². The van der Waals surface area contributed by atoms with Crippen LogP contribution in [0.4, 0.5) is 5.69 Å². The van der Waals surface area contributed by atoms with Crippen LogP contribution in [-0.4, -0.2) is 19.1 Å². The molecule has 1 aliphatic heterocycles. The zero-order valence-corrected chi connectivity index (χ0v) is 14.3. The minimum Gasteiger partial charge on any atom is -0.371 e. The zero-order valence-electron chi connectivity index (χ0n) is 12.7. The van der Waals surface area contributed by atoms with Crippen molar-refractivity contribution in [2.75, 3.05) is 18.0 Å². The summed E-state index contributed by atoms with van der Waals surface area (Å²) in [5.41, 5.74) is 8.78. The Hall–Kier alpha value is -0.540. The van der Waals surface area contributed by atoms with Gasteiger partial charge in [-0.05, 0) is 56.2 Å². The highest BCUT2D eigenvalue weighted by molar-refractivity contribution is 9.10. The van der Waals surface area contributed by atoms with Crippen LogP contribution in [0.25, 0.3) is 0 Å². The molecule has 1 aromatic carbocycles. The van der Waals surface area contributed by atoms with E-state index >= 15 is 0 Å². The zero-order chi connectivity index (χ0) is 14.5. The molecule has 0 amide bonds. The molecule has 2 unspecified atom stereocenters. The minimum atomic E-state index is 0.213. The second kappa shape index (κ2) is 7.46. The molecule has 20 heavy (non-hydrogen) atoms. The quantitative estimate of drug-likeness (QED) is 0.883. The van der Waals surface area contributed by atoms with Crippen molar-refractivity contribution in [1.29, 1.82) is 0 Å². The van der Waals surface area contributed by atoms with Crippen molar-refractivity contribution in [2.24, 2.45) is 11.7 Å². The summed E-state index contributed by atoms with van der Waals surface area (Å²) in [4.78, 5) is 2.57. The predicted molar refractivity (Wildman–Crippen MR) is 91.3 cm³/mol. The van der Waals surface area contributed by atoms with E-state index in [0.717, 1.165) is 16.8 Å². The van der Waals surface area contributed by atoms with Gasteiger partial charge in [-0.3, -0.25) is 0 Å². The molecule has 1 heterocycles. The molecule has 1 saturated heterocycles. The van der Waals surface area contributed by atoms with Gasteiger partial charge >= 0.3 is 0 Å². The lowest BCUT2D eigenvalue weighted by Gasteiger charge is -2.26. The molecule has 2 rings (SSSR count). The maximum Gasteiger partial charge on any atom is 0.0410 e. The number of nitrogens with zero attached hydrogens (tertiary/aromatic N) is 1. The third-order valence-corrected chi connectivity index (χ3v) is 4.85. The molecule has 0 saturated carbocycles. The van der Waals surface area contributed by atoms with Gasteiger partial charge in [0.2, 0.25) is 0 Å². The van der Waals surface area contributed by atoms with Gasteiger partial charge in [-0.15, -0.1) is 0 Å². The molecule has 1 aliphatic rings. The standard InChI is InChI=1S/C17H27BrN2/c1-3-14-5-4-9-20(10-8-14)17-12-16(18)7-6-15(17)11-13(2)19/h6-7,12-14H,3-5,8-11,19H2,1-2H3. The van der Waals surface area contributed by atoms with Gasteiger partial charge in [0.25, 0.3) is 0 Å². The van der Waals surface area contributed by atoms with E-state index < -0.39 is 0 Å². The van der Waals surface area contributed by atoms with Gasteiger partial charge in [0.15, 0.2) is 0 Å². The number of benzene rings is 1. The minimum absolute atomic E-state index is 0.213. The van der Waals surface area contributed by atoms with Crippen LogP contribution in [0.2, 0.25) is 0 Å². The molecule has 3 heteroatoms. The maximum absolute atomic E-state index is 6.01. The molecule has 2 atom stereocenters. The summed E-state index contributed by atoms with van der Waals surface area (Å²) in [5, 5.41) is 0. The van der Waals surface area contributed by atoms with Gasteiger partial charge < -0.3 is 10.6 Å². The van der Waals surface area contributed by atoms with E-state index in [9.17, 15) is 0 Å². The van der Waals surface area contributed by atoms with Crippen LogP contribution in [0.3, 0.4) is 0 Å². The lowest BCUT2D eigenvalue weighted by Crippen LogP contribution is -2.27. The second-order valence-corrected chi connectivity index (χ2v) is 7.06. The predicted octanol–water partition coefficient (Wildman–Crippen LogP) is 4.36. The van der Waals surface area contributed by atoms with Crippen molar-refractivity contribution in [2.45, 2.75) is 52.0 Å². The Morgan fingerprint density at radius 3 is 2.85 bits per heavy atom. The number of hydrogen-bond acceptors (Lipinski definition) is 2. The third kappa shape index (κ3) is 4.23. The molecule has 112 valence electrons. The van der Waals surface area contributed by atoms with Crippen molar-refractivity contribution in [3.8, 4) is 0 Å². The number of rotatable bonds is 4. The van der Waals surface area contributed by atoms with Crippen LogP contribution in [-0.2, 0) is 6.42 Å². The molecule has 1 fully saturated rings. The van der Waals surface area contributed by atoms with Crippen molar-refractivity contribution >= 4 is 21.6 Å². The van der Waals surface area contributed by atoms with Gasteiger partial charge in [0.1, 0.15) is 0 Å². The van der Waals surface area contributed by atoms with Crippen LogP contribution < -0.4 is 10.6 Å². The van der Waals surface area contributed by atoms with E-state index in [1.807, 2.05) is 0 Å². The normalized spacial score (nSPS) is 21.6. The topological polar surface area (TPSA) is 29.3 Å². The van der Waals surface area contributed by atoms with Crippen LogP contribution in [0.5, 0.6) is 0 Å². The Balaban J connectivity index is 2.19. The highest BCUT2D eigenvalue weighted by Gasteiger charge is 2.18. The summed E-state index contributed by atoms with van der Waals surface area (Å²) in [6.07, 6.45) is 6.28. The van der Waals surface area contributed by atoms with Crippen molar-refractivity contribution in [1.82, 2.24) is 0 Å². The Morgan fingerprint density at radius 1 is 1.35 bits per heavy atom. The number of halogens is 1. The molecule has 0 aliphatic carbocycles. The molecular weight excluding hydrogens is 312 g/mol. The van der Waals surface area contributed by atoms with E-state index in [2.05, 4.69) is 52.9 Å². The van der Waals surface area contributed by atoms with Crippen LogP contribution in [0.1, 0.15) is 45.1 Å². The Morgan fingerprint density at radius 2 is 2.15 bits per heavy atom. The van der Waals surface area contributed by atoms with E-state index in [1.165, 1.54) is 50.0 Å². The average molecular weight is 339 g/mol. The fourth-order valence-electron chi connectivity index (χ4n) is 3.17. The fourth-order valence-corrected chi connectivity index (χ4v) is 3.51. The SMILES string of the molecule is CCC1CCCN(c2cc(Br)ccc2CC(C)N)CC1. The van der Waals surface area contributed by atoms with E-state index in [4.69, 9.17) is 5.73 Å². The van der Waals surface area contributed by atoms with E-state index in [0.29, 0.717) is 0 Å². The summed E-state index contributed by atoms with van der Waals surface area (Å²) in [6, 6.07) is 6.84. The summed E-state index contributed by atoms with van der Waals surface area (Å²) < 4.78 is 1.16. The van der Waals surface area contributed by atoms with Gasteiger partial charge in [-0.25, -0.2) is 0 Å². The molecule has 2 N–H and O–H groups in total. The smallest absolute Gasteiger partial charge is 0.0410 e. The molecular formula is C17H27BrN2. The average Bonchev–Trinajstić information content (AvgIpc) is 2.65. The van der Waals surface area contributed by atoms with Gasteiger partial charge in [0.05, 0.1) is 0 Å².